The van der Waals surface area contributed by atoms with Gasteiger partial charge in [-0.1, -0.05) is 30.3 Å². The molecule has 1 aromatic rings. The van der Waals surface area contributed by atoms with Crippen LogP contribution < -0.4 is 0 Å². The van der Waals surface area contributed by atoms with E-state index in [1.165, 1.54) is 12.0 Å². The minimum atomic E-state index is -0.501. The molecule has 0 aromatic heterocycles. The van der Waals surface area contributed by atoms with Crippen LogP contribution in [-0.2, 0) is 9.53 Å². The summed E-state index contributed by atoms with van der Waals surface area (Å²) >= 11 is 0. The predicted octanol–water partition coefficient (Wildman–Crippen LogP) is 1.20. The molecule has 0 N–H and O–H groups in total. The topological polar surface area (TPSA) is 53.1 Å². The molecule has 6 nitrogen and oxygen atoms in total. The fourth-order valence-corrected chi connectivity index (χ4v) is 2.69. The van der Waals surface area contributed by atoms with Crippen molar-refractivity contribution in [3.8, 4) is 0 Å². The molecule has 1 aromatic carbocycles. The molecule has 0 radical (unpaired) electrons. The maximum atomic E-state index is 12.6. The van der Waals surface area contributed by atoms with Crippen molar-refractivity contribution in [1.82, 2.24) is 14.7 Å². The zero-order valence-electron chi connectivity index (χ0n) is 13.4. The molecule has 1 aliphatic heterocycles. The van der Waals surface area contributed by atoms with Gasteiger partial charge >= 0.3 is 6.09 Å². The zero-order valence-corrected chi connectivity index (χ0v) is 13.4. The van der Waals surface area contributed by atoms with E-state index >= 15 is 0 Å². The number of likely N-dealkylation sites (N-methyl/N-ethyl adjacent to an activating group) is 2. The molecule has 0 bridgehead atoms. The molecule has 120 valence electrons. The second-order valence-corrected chi connectivity index (χ2v) is 5.60. The van der Waals surface area contributed by atoms with Crippen molar-refractivity contribution < 1.29 is 14.3 Å². The maximum Gasteiger partial charge on any atom is 0.409 e. The van der Waals surface area contributed by atoms with Crippen molar-refractivity contribution in [2.45, 2.75) is 6.04 Å². The molecule has 1 aliphatic rings. The van der Waals surface area contributed by atoms with Crippen LogP contribution in [0.3, 0.4) is 0 Å². The van der Waals surface area contributed by atoms with Crippen molar-refractivity contribution in [1.29, 1.82) is 0 Å². The molecule has 6 heteroatoms. The predicted molar refractivity (Wildman–Crippen MR) is 83.4 cm³/mol. The second kappa shape index (κ2) is 7.26. The van der Waals surface area contributed by atoms with Crippen LogP contribution >= 0.6 is 0 Å². The summed E-state index contributed by atoms with van der Waals surface area (Å²) in [6, 6.07) is 10.0. The summed E-state index contributed by atoms with van der Waals surface area (Å²) in [5.74, 6) is -0.0603. The van der Waals surface area contributed by atoms with Crippen LogP contribution in [-0.4, -0.2) is 74.1 Å². The van der Waals surface area contributed by atoms with E-state index in [1.807, 2.05) is 35.2 Å². The van der Waals surface area contributed by atoms with Gasteiger partial charge < -0.3 is 19.4 Å². The normalized spacial score (nSPS) is 18.9. The van der Waals surface area contributed by atoms with Crippen molar-refractivity contribution >= 4 is 12.0 Å². The highest BCUT2D eigenvalue weighted by Crippen LogP contribution is 2.24. The third kappa shape index (κ3) is 3.76. The van der Waals surface area contributed by atoms with E-state index in [2.05, 4.69) is 16.7 Å². The summed E-state index contributed by atoms with van der Waals surface area (Å²) in [4.78, 5) is 29.4. The van der Waals surface area contributed by atoms with Crippen LogP contribution in [0.2, 0.25) is 0 Å². The molecule has 22 heavy (non-hydrogen) atoms. The van der Waals surface area contributed by atoms with Gasteiger partial charge in [0.15, 0.2) is 0 Å². The van der Waals surface area contributed by atoms with E-state index in [1.54, 1.807) is 7.05 Å². The van der Waals surface area contributed by atoms with Gasteiger partial charge in [0.25, 0.3) is 0 Å². The number of piperazine rings is 1. The molecule has 0 aliphatic carbocycles. The van der Waals surface area contributed by atoms with E-state index in [9.17, 15) is 9.59 Å². The fourth-order valence-electron chi connectivity index (χ4n) is 2.69. The summed E-state index contributed by atoms with van der Waals surface area (Å²) in [5.41, 5.74) is 1.11. The number of amides is 2. The van der Waals surface area contributed by atoms with Crippen molar-refractivity contribution in [3.05, 3.63) is 35.9 Å². The number of methoxy groups -OCH3 is 1. The second-order valence-electron chi connectivity index (χ2n) is 5.60. The molecule has 0 spiro atoms. The van der Waals surface area contributed by atoms with Gasteiger partial charge in [0.2, 0.25) is 5.91 Å². The number of hydrogen-bond acceptors (Lipinski definition) is 4. The van der Waals surface area contributed by atoms with Crippen LogP contribution in [0.5, 0.6) is 0 Å². The first-order valence-electron chi connectivity index (χ1n) is 7.35. The van der Waals surface area contributed by atoms with E-state index in [0.29, 0.717) is 6.54 Å². The Labute approximate surface area is 131 Å². The highest BCUT2D eigenvalue weighted by atomic mass is 16.5. The summed E-state index contributed by atoms with van der Waals surface area (Å²) in [5, 5.41) is 0. The van der Waals surface area contributed by atoms with E-state index < -0.39 is 6.09 Å². The fraction of sp³-hybridized carbons (Fsp3) is 0.500. The Morgan fingerprint density at radius 1 is 1.27 bits per heavy atom. The average molecular weight is 305 g/mol. The number of rotatable bonds is 3. The quantitative estimate of drug-likeness (QED) is 0.842. The van der Waals surface area contributed by atoms with Gasteiger partial charge in [-0.05, 0) is 12.6 Å². The van der Waals surface area contributed by atoms with Crippen LogP contribution in [0, 0.1) is 0 Å². The van der Waals surface area contributed by atoms with Crippen LogP contribution in [0.4, 0.5) is 4.79 Å². The monoisotopic (exact) mass is 305 g/mol. The highest BCUT2D eigenvalue weighted by Gasteiger charge is 2.31. The summed E-state index contributed by atoms with van der Waals surface area (Å²) < 4.78 is 4.64. The number of benzene rings is 1. The van der Waals surface area contributed by atoms with Gasteiger partial charge in [0.05, 0.1) is 13.2 Å². The summed E-state index contributed by atoms with van der Waals surface area (Å²) in [7, 11) is 4.93. The first-order chi connectivity index (χ1) is 10.5. The van der Waals surface area contributed by atoms with Crippen molar-refractivity contribution in [3.63, 3.8) is 0 Å². The smallest absolute Gasteiger partial charge is 0.409 e. The first kappa shape index (κ1) is 16.3. The van der Waals surface area contributed by atoms with Gasteiger partial charge in [-0.3, -0.25) is 4.79 Å². The van der Waals surface area contributed by atoms with Crippen LogP contribution in [0.15, 0.2) is 30.3 Å². The third-order valence-corrected chi connectivity index (χ3v) is 3.95. The molecule has 1 fully saturated rings. The van der Waals surface area contributed by atoms with Gasteiger partial charge in [0, 0.05) is 26.7 Å². The van der Waals surface area contributed by atoms with Gasteiger partial charge in [-0.2, -0.15) is 0 Å². The minimum Gasteiger partial charge on any atom is -0.453 e. The number of hydrogen-bond donors (Lipinski definition) is 0. The van der Waals surface area contributed by atoms with E-state index in [-0.39, 0.29) is 18.5 Å². The van der Waals surface area contributed by atoms with Gasteiger partial charge in [-0.15, -0.1) is 0 Å². The SMILES string of the molecule is COC(=O)N(C)CC(=O)N1CCN(C)CC1c1ccccc1. The lowest BCUT2D eigenvalue weighted by atomic mass is 10.0. The maximum absolute atomic E-state index is 12.6. The minimum absolute atomic E-state index is 0.0125. The molecule has 2 amide bonds. The highest BCUT2D eigenvalue weighted by molar-refractivity contribution is 5.82. The lowest BCUT2D eigenvalue weighted by molar-refractivity contribution is -0.136. The summed E-state index contributed by atoms with van der Waals surface area (Å²) in [6.45, 7) is 2.30. The molecular formula is C16H23N3O3. The van der Waals surface area contributed by atoms with E-state index in [0.717, 1.165) is 18.7 Å². The molecular weight excluding hydrogens is 282 g/mol. The Morgan fingerprint density at radius 3 is 2.59 bits per heavy atom. The Balaban J connectivity index is 2.12. The Kier molecular flexibility index (Phi) is 5.38. The Hall–Kier alpha value is -2.08. The third-order valence-electron chi connectivity index (χ3n) is 3.95. The lowest BCUT2D eigenvalue weighted by Gasteiger charge is -2.40. The first-order valence-corrected chi connectivity index (χ1v) is 7.35. The molecule has 1 unspecified atom stereocenters. The largest absolute Gasteiger partial charge is 0.453 e. The van der Waals surface area contributed by atoms with Crippen molar-refractivity contribution in [2.24, 2.45) is 0 Å². The molecule has 1 heterocycles. The standard InChI is InChI=1S/C16H23N3O3/c1-17-9-10-19(15(20)12-18(2)16(21)22-3)14(11-17)13-7-5-4-6-8-13/h4-8,14H,9-12H2,1-3H3. The van der Waals surface area contributed by atoms with Gasteiger partial charge in [0.1, 0.15) is 6.54 Å². The van der Waals surface area contributed by atoms with Crippen LogP contribution in [0.25, 0.3) is 0 Å². The molecule has 1 atom stereocenters. The lowest BCUT2D eigenvalue weighted by Crippen LogP contribution is -2.52. The zero-order chi connectivity index (χ0) is 16.1. The molecule has 1 saturated heterocycles. The Bertz CT molecular complexity index is 521. The number of carbonyl (C=O) groups is 2. The van der Waals surface area contributed by atoms with Crippen molar-refractivity contribution in [2.75, 3.05) is 47.4 Å². The summed E-state index contributed by atoms with van der Waals surface area (Å²) in [6.07, 6.45) is -0.501. The number of ether oxygens (including phenoxy) is 1. The van der Waals surface area contributed by atoms with Crippen LogP contribution in [0.1, 0.15) is 11.6 Å². The molecule has 0 saturated carbocycles. The molecule has 2 rings (SSSR count). The Morgan fingerprint density at radius 2 is 1.95 bits per heavy atom. The number of nitrogens with zero attached hydrogens (tertiary/aromatic N) is 3. The number of carbonyl (C=O) groups excluding carboxylic acids is 2. The van der Waals surface area contributed by atoms with E-state index in [4.69, 9.17) is 0 Å². The van der Waals surface area contributed by atoms with Gasteiger partial charge in [-0.25, -0.2) is 4.79 Å². The average Bonchev–Trinajstić information content (AvgIpc) is 2.54.